The maximum atomic E-state index is 12.4. The van der Waals surface area contributed by atoms with E-state index in [1.54, 1.807) is 31.3 Å². The third-order valence-electron chi connectivity index (χ3n) is 3.67. The van der Waals surface area contributed by atoms with Crippen molar-refractivity contribution in [2.24, 2.45) is 4.99 Å². The van der Waals surface area contributed by atoms with Gasteiger partial charge in [0.05, 0.1) is 13.2 Å². The van der Waals surface area contributed by atoms with Crippen LogP contribution in [-0.4, -0.2) is 30.5 Å². The quantitative estimate of drug-likeness (QED) is 0.494. The molecule has 0 radical (unpaired) electrons. The fraction of sp³-hybridized carbons (Fsp3) is 0.200. The fourth-order valence-electron chi connectivity index (χ4n) is 2.54. The summed E-state index contributed by atoms with van der Waals surface area (Å²) in [6, 6.07) is 12.7. The summed E-state index contributed by atoms with van der Waals surface area (Å²) in [5.41, 5.74) is 1.24. The van der Waals surface area contributed by atoms with Gasteiger partial charge in [-0.05, 0) is 43.7 Å². The number of carbonyl (C=O) groups excluding carboxylic acids is 1. The maximum absolute atomic E-state index is 12.4. The third-order valence-corrected chi connectivity index (χ3v) is 4.75. The molecule has 6 heteroatoms. The smallest absolute Gasteiger partial charge is 0.341 e. The lowest BCUT2D eigenvalue weighted by atomic mass is 10.1. The van der Waals surface area contributed by atoms with E-state index >= 15 is 0 Å². The molecule has 0 amide bonds. The number of aliphatic imine (C=N–C) groups is 1. The topological polar surface area (TPSA) is 68.1 Å². The van der Waals surface area contributed by atoms with Crippen LogP contribution in [0.3, 0.4) is 0 Å². The number of fused-ring (bicyclic) bond motifs is 1. The number of esters is 1. The van der Waals surface area contributed by atoms with Crippen molar-refractivity contribution in [3.05, 3.63) is 53.6 Å². The summed E-state index contributed by atoms with van der Waals surface area (Å²) in [7, 11) is 0. The Balaban J connectivity index is 2.00. The zero-order valence-electron chi connectivity index (χ0n) is 14.6. The molecule has 0 saturated carbocycles. The number of rotatable bonds is 6. The number of thiophene rings is 1. The van der Waals surface area contributed by atoms with Crippen molar-refractivity contribution < 1.29 is 19.4 Å². The number of benzene rings is 2. The van der Waals surface area contributed by atoms with Crippen LogP contribution >= 0.6 is 11.3 Å². The molecular formula is C20H19NO4S. The fourth-order valence-corrected chi connectivity index (χ4v) is 3.58. The Kier molecular flexibility index (Phi) is 5.53. The van der Waals surface area contributed by atoms with Crippen molar-refractivity contribution in [1.29, 1.82) is 0 Å². The van der Waals surface area contributed by atoms with Crippen LogP contribution < -0.4 is 4.74 Å². The molecule has 5 nitrogen and oxygen atoms in total. The SMILES string of the molecule is CCOC(=O)c1c(N=Cc2ccc(O)c(OCC)c2)sc2ccccc12. The van der Waals surface area contributed by atoms with Crippen LogP contribution in [-0.2, 0) is 4.74 Å². The van der Waals surface area contributed by atoms with Crippen LogP contribution in [0.15, 0.2) is 47.5 Å². The Bertz CT molecular complexity index is 962. The van der Waals surface area contributed by atoms with Gasteiger partial charge in [0, 0.05) is 16.3 Å². The van der Waals surface area contributed by atoms with Crippen LogP contribution in [0.2, 0.25) is 0 Å². The highest BCUT2D eigenvalue weighted by Gasteiger charge is 2.19. The number of aromatic hydroxyl groups is 1. The average Bonchev–Trinajstić information content (AvgIpc) is 3.01. The Morgan fingerprint density at radius 1 is 1.19 bits per heavy atom. The highest BCUT2D eigenvalue weighted by Crippen LogP contribution is 2.38. The van der Waals surface area contributed by atoms with Crippen LogP contribution in [0.5, 0.6) is 11.5 Å². The number of hydrogen-bond donors (Lipinski definition) is 1. The predicted molar refractivity (Wildman–Crippen MR) is 104 cm³/mol. The van der Waals surface area contributed by atoms with E-state index in [0.717, 1.165) is 15.6 Å². The first kappa shape index (κ1) is 17.9. The van der Waals surface area contributed by atoms with E-state index in [-0.39, 0.29) is 11.7 Å². The molecule has 0 spiro atoms. The van der Waals surface area contributed by atoms with E-state index in [0.29, 0.717) is 29.5 Å². The molecule has 3 rings (SSSR count). The molecule has 1 aromatic heterocycles. The molecule has 0 bridgehead atoms. The van der Waals surface area contributed by atoms with E-state index in [1.807, 2.05) is 31.2 Å². The second-order valence-electron chi connectivity index (χ2n) is 5.42. The van der Waals surface area contributed by atoms with E-state index < -0.39 is 0 Å². The molecule has 0 unspecified atom stereocenters. The number of nitrogens with zero attached hydrogens (tertiary/aromatic N) is 1. The van der Waals surface area contributed by atoms with E-state index in [9.17, 15) is 9.90 Å². The van der Waals surface area contributed by atoms with Gasteiger partial charge in [0.1, 0.15) is 10.6 Å². The Hall–Kier alpha value is -2.86. The van der Waals surface area contributed by atoms with Crippen molar-refractivity contribution in [2.75, 3.05) is 13.2 Å². The molecule has 26 heavy (non-hydrogen) atoms. The number of carbonyl (C=O) groups is 1. The summed E-state index contributed by atoms with van der Waals surface area (Å²) in [4.78, 5) is 16.9. The Labute approximate surface area is 155 Å². The molecule has 134 valence electrons. The standard InChI is InChI=1S/C20H19NO4S/c1-3-24-16-11-13(9-10-15(16)22)12-21-19-18(20(23)25-4-2)14-7-5-6-8-17(14)26-19/h5-12,22H,3-4H2,1-2H3. The first-order chi connectivity index (χ1) is 12.6. The number of hydrogen-bond acceptors (Lipinski definition) is 6. The Morgan fingerprint density at radius 2 is 2.00 bits per heavy atom. The van der Waals surface area contributed by atoms with Crippen molar-refractivity contribution in [3.63, 3.8) is 0 Å². The minimum atomic E-state index is -0.377. The molecule has 2 aromatic carbocycles. The summed E-state index contributed by atoms with van der Waals surface area (Å²) in [6.07, 6.45) is 1.65. The molecule has 0 atom stereocenters. The minimum absolute atomic E-state index is 0.0816. The summed E-state index contributed by atoms with van der Waals surface area (Å²) >= 11 is 1.44. The largest absolute Gasteiger partial charge is 0.504 e. The van der Waals surface area contributed by atoms with Crippen LogP contribution in [0.25, 0.3) is 10.1 Å². The normalized spacial score (nSPS) is 11.2. The van der Waals surface area contributed by atoms with Gasteiger partial charge in [-0.15, -0.1) is 11.3 Å². The monoisotopic (exact) mass is 369 g/mol. The van der Waals surface area contributed by atoms with E-state index in [4.69, 9.17) is 9.47 Å². The lowest BCUT2D eigenvalue weighted by Crippen LogP contribution is -2.03. The number of phenolic OH excluding ortho intramolecular Hbond substituents is 1. The van der Waals surface area contributed by atoms with Gasteiger partial charge in [-0.3, -0.25) is 0 Å². The van der Waals surface area contributed by atoms with Gasteiger partial charge in [0.15, 0.2) is 11.5 Å². The predicted octanol–water partition coefficient (Wildman–Crippen LogP) is 4.93. The molecular weight excluding hydrogens is 350 g/mol. The van der Waals surface area contributed by atoms with Gasteiger partial charge in [-0.1, -0.05) is 18.2 Å². The molecule has 3 aromatic rings. The second-order valence-corrected chi connectivity index (χ2v) is 6.45. The summed E-state index contributed by atoms with van der Waals surface area (Å²) in [6.45, 7) is 4.39. The van der Waals surface area contributed by atoms with Crippen LogP contribution in [0, 0.1) is 0 Å². The van der Waals surface area contributed by atoms with Gasteiger partial charge in [0.2, 0.25) is 0 Å². The Morgan fingerprint density at radius 3 is 2.77 bits per heavy atom. The first-order valence-electron chi connectivity index (χ1n) is 8.32. The van der Waals surface area contributed by atoms with E-state index in [2.05, 4.69) is 4.99 Å². The second kappa shape index (κ2) is 8.01. The molecule has 1 heterocycles. The first-order valence-corrected chi connectivity index (χ1v) is 9.14. The third kappa shape index (κ3) is 3.70. The van der Waals surface area contributed by atoms with Crippen molar-refractivity contribution in [3.8, 4) is 11.5 Å². The zero-order chi connectivity index (χ0) is 18.5. The van der Waals surface area contributed by atoms with Gasteiger partial charge in [-0.2, -0.15) is 0 Å². The molecule has 0 saturated heterocycles. The van der Waals surface area contributed by atoms with Crippen molar-refractivity contribution >= 4 is 38.6 Å². The van der Waals surface area contributed by atoms with Gasteiger partial charge in [0.25, 0.3) is 0 Å². The van der Waals surface area contributed by atoms with Crippen molar-refractivity contribution in [1.82, 2.24) is 0 Å². The van der Waals surface area contributed by atoms with Gasteiger partial charge in [-0.25, -0.2) is 9.79 Å². The lowest BCUT2D eigenvalue weighted by Gasteiger charge is -2.06. The van der Waals surface area contributed by atoms with Crippen LogP contribution in [0.1, 0.15) is 29.8 Å². The molecule has 0 fully saturated rings. The molecule has 1 N–H and O–H groups in total. The van der Waals surface area contributed by atoms with E-state index in [1.165, 1.54) is 11.3 Å². The lowest BCUT2D eigenvalue weighted by molar-refractivity contribution is 0.0530. The van der Waals surface area contributed by atoms with Gasteiger partial charge < -0.3 is 14.6 Å². The maximum Gasteiger partial charge on any atom is 0.341 e. The molecule has 0 aliphatic carbocycles. The van der Waals surface area contributed by atoms with Crippen LogP contribution in [0.4, 0.5) is 5.00 Å². The number of phenols is 1. The van der Waals surface area contributed by atoms with Gasteiger partial charge >= 0.3 is 5.97 Å². The zero-order valence-corrected chi connectivity index (χ0v) is 15.4. The van der Waals surface area contributed by atoms with Crippen molar-refractivity contribution in [2.45, 2.75) is 13.8 Å². The highest BCUT2D eigenvalue weighted by atomic mass is 32.1. The molecule has 0 aliphatic heterocycles. The number of ether oxygens (including phenoxy) is 2. The summed E-state index contributed by atoms with van der Waals surface area (Å²) < 4.78 is 11.6. The summed E-state index contributed by atoms with van der Waals surface area (Å²) in [5.74, 6) is 0.106. The molecule has 0 aliphatic rings. The highest BCUT2D eigenvalue weighted by molar-refractivity contribution is 7.23. The minimum Gasteiger partial charge on any atom is -0.504 e. The average molecular weight is 369 g/mol. The summed E-state index contributed by atoms with van der Waals surface area (Å²) in [5, 5.41) is 11.2.